The van der Waals surface area contributed by atoms with E-state index in [0.717, 1.165) is 10.2 Å². The Morgan fingerprint density at radius 2 is 1.86 bits per heavy atom. The summed E-state index contributed by atoms with van der Waals surface area (Å²) in [6, 6.07) is 13.1. The Bertz CT molecular complexity index is 1590. The van der Waals surface area contributed by atoms with Crippen molar-refractivity contribution in [3.63, 3.8) is 0 Å². The fourth-order valence-electron chi connectivity index (χ4n) is 4.45. The lowest BCUT2D eigenvalue weighted by atomic mass is 9.87. The molecule has 1 saturated heterocycles. The molecule has 37 heavy (non-hydrogen) atoms. The van der Waals surface area contributed by atoms with Crippen LogP contribution in [0.4, 0.5) is 5.82 Å². The average molecular weight is 558 g/mol. The first-order valence-corrected chi connectivity index (χ1v) is 14.6. The minimum absolute atomic E-state index is 0.0132. The zero-order valence-corrected chi connectivity index (χ0v) is 23.4. The second-order valence-electron chi connectivity index (χ2n) is 10.2. The van der Waals surface area contributed by atoms with Crippen LogP contribution in [0, 0.1) is 6.92 Å². The summed E-state index contributed by atoms with van der Waals surface area (Å²) in [5, 5.41) is 8.54. The number of hydrogen-bond donors (Lipinski definition) is 1. The second-order valence-corrected chi connectivity index (χ2v) is 13.6. The summed E-state index contributed by atoms with van der Waals surface area (Å²) >= 11 is 7.42. The molecule has 3 heterocycles. The Labute approximate surface area is 225 Å². The number of sulfonamides is 1. The Morgan fingerprint density at radius 3 is 2.57 bits per heavy atom. The third-order valence-corrected chi connectivity index (χ3v) is 9.60. The van der Waals surface area contributed by atoms with Gasteiger partial charge in [0.2, 0.25) is 21.1 Å². The molecule has 2 aromatic carbocycles. The highest BCUT2D eigenvalue weighted by Crippen LogP contribution is 2.32. The molecule has 194 valence electrons. The Balaban J connectivity index is 1.42. The van der Waals surface area contributed by atoms with Crippen LogP contribution < -0.4 is 5.32 Å². The topological polar surface area (TPSA) is 97.2 Å². The van der Waals surface area contributed by atoms with E-state index >= 15 is 0 Å². The number of anilines is 1. The molecule has 1 fully saturated rings. The first-order chi connectivity index (χ1) is 17.4. The number of thiazole rings is 1. The van der Waals surface area contributed by atoms with Gasteiger partial charge in [0, 0.05) is 17.6 Å². The molecule has 5 rings (SSSR count). The molecule has 1 atom stereocenters. The van der Waals surface area contributed by atoms with Crippen molar-refractivity contribution in [2.45, 2.75) is 56.9 Å². The number of aryl methyl sites for hydroxylation is 1. The van der Waals surface area contributed by atoms with E-state index in [1.807, 2.05) is 13.0 Å². The molecule has 1 N–H and O–H groups in total. The van der Waals surface area contributed by atoms with Crippen molar-refractivity contribution in [1.82, 2.24) is 19.1 Å². The third kappa shape index (κ3) is 5.03. The normalized spacial score (nSPS) is 16.9. The van der Waals surface area contributed by atoms with Crippen LogP contribution in [0.25, 0.3) is 15.3 Å². The van der Waals surface area contributed by atoms with E-state index < -0.39 is 22.0 Å². The molecule has 1 aliphatic rings. The smallest absolute Gasteiger partial charge is 0.243 e. The summed E-state index contributed by atoms with van der Waals surface area (Å²) in [6.07, 6.45) is 1.03. The van der Waals surface area contributed by atoms with Crippen molar-refractivity contribution in [1.29, 1.82) is 0 Å². The van der Waals surface area contributed by atoms with Crippen molar-refractivity contribution in [3.8, 4) is 5.13 Å². The van der Waals surface area contributed by atoms with Gasteiger partial charge in [0.15, 0.2) is 0 Å². The zero-order valence-electron chi connectivity index (χ0n) is 21.0. The van der Waals surface area contributed by atoms with Crippen molar-refractivity contribution in [2.75, 3.05) is 11.9 Å². The minimum Gasteiger partial charge on any atom is -0.309 e. The van der Waals surface area contributed by atoms with Crippen LogP contribution in [-0.4, -0.2) is 46.0 Å². The molecule has 0 radical (unpaired) electrons. The molecule has 11 heteroatoms. The fourth-order valence-corrected chi connectivity index (χ4v) is 7.20. The van der Waals surface area contributed by atoms with Crippen LogP contribution >= 0.6 is 22.9 Å². The van der Waals surface area contributed by atoms with Gasteiger partial charge in [0.1, 0.15) is 11.9 Å². The first-order valence-electron chi connectivity index (χ1n) is 12.0. The molecule has 1 amide bonds. The molecule has 0 aliphatic carbocycles. The van der Waals surface area contributed by atoms with Gasteiger partial charge in [-0.1, -0.05) is 49.8 Å². The summed E-state index contributed by atoms with van der Waals surface area (Å²) in [5.74, 6) is 0.0562. The number of halogens is 1. The van der Waals surface area contributed by atoms with Gasteiger partial charge in [0.05, 0.1) is 20.8 Å². The van der Waals surface area contributed by atoms with E-state index in [4.69, 9.17) is 16.6 Å². The highest BCUT2D eigenvalue weighted by Gasteiger charge is 2.39. The van der Waals surface area contributed by atoms with Gasteiger partial charge < -0.3 is 5.32 Å². The lowest BCUT2D eigenvalue weighted by Gasteiger charge is -2.23. The predicted molar refractivity (Wildman–Crippen MR) is 147 cm³/mol. The number of rotatable bonds is 5. The Kier molecular flexibility index (Phi) is 6.64. The van der Waals surface area contributed by atoms with E-state index in [-0.39, 0.29) is 16.9 Å². The van der Waals surface area contributed by atoms with Gasteiger partial charge >= 0.3 is 0 Å². The monoisotopic (exact) mass is 557 g/mol. The number of nitrogens with one attached hydrogen (secondary N) is 1. The minimum atomic E-state index is -3.85. The van der Waals surface area contributed by atoms with Gasteiger partial charge in [0.25, 0.3) is 0 Å². The number of amides is 1. The highest BCUT2D eigenvalue weighted by molar-refractivity contribution is 7.89. The van der Waals surface area contributed by atoms with Crippen LogP contribution in [0.3, 0.4) is 0 Å². The van der Waals surface area contributed by atoms with Gasteiger partial charge in [-0.2, -0.15) is 14.1 Å². The third-order valence-electron chi connectivity index (χ3n) is 6.43. The van der Waals surface area contributed by atoms with Crippen LogP contribution in [0.1, 0.15) is 44.9 Å². The van der Waals surface area contributed by atoms with Crippen molar-refractivity contribution in [2.24, 2.45) is 0 Å². The summed E-state index contributed by atoms with van der Waals surface area (Å²) in [5.41, 5.74) is 2.79. The molecule has 8 nitrogen and oxygen atoms in total. The number of nitrogens with zero attached hydrogens (tertiary/aromatic N) is 4. The molecular formula is C26H28ClN5O3S2. The predicted octanol–water partition coefficient (Wildman–Crippen LogP) is 5.53. The quantitative estimate of drug-likeness (QED) is 0.348. The molecule has 4 aromatic rings. The van der Waals surface area contributed by atoms with Gasteiger partial charge in [-0.3, -0.25) is 4.79 Å². The van der Waals surface area contributed by atoms with E-state index in [1.54, 1.807) is 10.7 Å². The maximum atomic E-state index is 13.4. The van der Waals surface area contributed by atoms with Crippen LogP contribution in [0.2, 0.25) is 5.02 Å². The van der Waals surface area contributed by atoms with Crippen molar-refractivity contribution in [3.05, 3.63) is 64.8 Å². The lowest BCUT2D eigenvalue weighted by molar-refractivity contribution is -0.119. The molecule has 0 saturated carbocycles. The summed E-state index contributed by atoms with van der Waals surface area (Å²) in [7, 11) is -3.85. The average Bonchev–Trinajstić information content (AvgIpc) is 3.56. The van der Waals surface area contributed by atoms with E-state index in [1.165, 1.54) is 45.5 Å². The number of carbonyl (C=O) groups is 1. The number of carbonyl (C=O) groups excluding carboxylic acids is 1. The summed E-state index contributed by atoms with van der Waals surface area (Å²) in [4.78, 5) is 18.2. The van der Waals surface area contributed by atoms with Gasteiger partial charge in [-0.15, -0.1) is 0 Å². The van der Waals surface area contributed by atoms with Crippen LogP contribution in [0.5, 0.6) is 0 Å². The van der Waals surface area contributed by atoms with Gasteiger partial charge in [-0.05, 0) is 67.1 Å². The first kappa shape index (κ1) is 25.8. The molecular weight excluding hydrogens is 530 g/mol. The number of hydrogen-bond acceptors (Lipinski definition) is 6. The fraction of sp³-hybridized carbons (Fsp3) is 0.346. The Morgan fingerprint density at radius 1 is 1.14 bits per heavy atom. The maximum Gasteiger partial charge on any atom is 0.243 e. The standard InChI is InChI=1S/C26H28ClN5O3S2/c1-16-14-23(32(30-16)25-28-20-12-7-17(26(2,3)4)15-22(20)36-25)29-24(33)21-6-5-13-31(21)37(34,35)19-10-8-18(27)9-11-19/h7-12,14-15,21H,5-6,13H2,1-4H3,(H,29,33). The SMILES string of the molecule is Cc1cc(NC(=O)C2CCCN2S(=O)(=O)c2ccc(Cl)cc2)n(-c2nc3ccc(C(C)(C)C)cc3s2)n1. The van der Waals surface area contributed by atoms with Crippen molar-refractivity contribution >= 4 is 54.9 Å². The van der Waals surface area contributed by atoms with Crippen LogP contribution in [-0.2, 0) is 20.2 Å². The lowest BCUT2D eigenvalue weighted by Crippen LogP contribution is -2.43. The molecule has 1 aliphatic heterocycles. The van der Waals surface area contributed by atoms with E-state index in [2.05, 4.69) is 43.3 Å². The largest absolute Gasteiger partial charge is 0.309 e. The van der Waals surface area contributed by atoms with Gasteiger partial charge in [-0.25, -0.2) is 13.4 Å². The summed E-state index contributed by atoms with van der Waals surface area (Å²) in [6.45, 7) is 8.61. The molecule has 0 spiro atoms. The van der Waals surface area contributed by atoms with E-state index in [9.17, 15) is 13.2 Å². The number of fused-ring (bicyclic) bond motifs is 1. The molecule has 1 unspecified atom stereocenters. The van der Waals surface area contributed by atoms with Crippen molar-refractivity contribution < 1.29 is 13.2 Å². The second kappa shape index (κ2) is 9.50. The maximum absolute atomic E-state index is 13.4. The summed E-state index contributed by atoms with van der Waals surface area (Å²) < 4.78 is 30.5. The van der Waals surface area contributed by atoms with E-state index in [0.29, 0.717) is 34.5 Å². The number of aromatic nitrogens is 3. The highest BCUT2D eigenvalue weighted by atomic mass is 35.5. The molecule has 2 aromatic heterocycles. The number of benzene rings is 2. The van der Waals surface area contributed by atoms with Crippen LogP contribution in [0.15, 0.2) is 53.4 Å². The zero-order chi connectivity index (χ0) is 26.5. The Hall–Kier alpha value is -2.79. The molecule has 0 bridgehead atoms.